The number of carbonyl (C=O) groups is 1. The van der Waals surface area contributed by atoms with Gasteiger partial charge in [0.25, 0.3) is 0 Å². The molecule has 1 aliphatic heterocycles. The summed E-state index contributed by atoms with van der Waals surface area (Å²) in [7, 11) is 1.64. The molecule has 1 saturated heterocycles. The Balaban J connectivity index is 1.80. The van der Waals surface area contributed by atoms with Crippen LogP contribution in [0.15, 0.2) is 84.9 Å². The number of halogens is 1. The van der Waals surface area contributed by atoms with Crippen LogP contribution in [0.25, 0.3) is 0 Å². The molecule has 1 heterocycles. The Bertz CT molecular complexity index is 1150. The van der Waals surface area contributed by atoms with Crippen LogP contribution in [0.4, 0.5) is 0 Å². The van der Waals surface area contributed by atoms with Gasteiger partial charge in [-0.15, -0.1) is 0 Å². The van der Waals surface area contributed by atoms with E-state index in [2.05, 4.69) is 6.58 Å². The molecule has 0 radical (unpaired) electrons. The molecule has 4 atom stereocenters. The van der Waals surface area contributed by atoms with Gasteiger partial charge in [0.05, 0.1) is 24.9 Å². The zero-order chi connectivity index (χ0) is 23.5. The highest BCUT2D eigenvalue weighted by atomic mass is 35.5. The molecule has 0 saturated carbocycles. The zero-order valence-electron chi connectivity index (χ0n) is 18.7. The van der Waals surface area contributed by atoms with Gasteiger partial charge >= 0.3 is 5.97 Å². The minimum absolute atomic E-state index is 0.00446. The fraction of sp³-hybridized carbons (Fsp3) is 0.250. The van der Waals surface area contributed by atoms with Gasteiger partial charge in [-0.25, -0.2) is 4.79 Å². The van der Waals surface area contributed by atoms with Crippen molar-refractivity contribution in [2.45, 2.75) is 31.5 Å². The molecule has 0 amide bonds. The molecule has 0 bridgehead atoms. The Kier molecular flexibility index (Phi) is 6.87. The van der Waals surface area contributed by atoms with E-state index in [1.54, 1.807) is 25.3 Å². The second kappa shape index (κ2) is 9.82. The Morgan fingerprint density at radius 1 is 1.03 bits per heavy atom. The Morgan fingerprint density at radius 2 is 1.76 bits per heavy atom. The van der Waals surface area contributed by atoms with Crippen LogP contribution in [-0.2, 0) is 4.74 Å². The number of hydrogen-bond donors (Lipinski definition) is 1. The van der Waals surface area contributed by atoms with Gasteiger partial charge in [-0.2, -0.15) is 0 Å². The highest BCUT2D eigenvalue weighted by Gasteiger charge is 2.41. The molecular formula is C28H27ClO4. The number of rotatable bonds is 6. The maximum absolute atomic E-state index is 11.6. The average molecular weight is 463 g/mol. The molecule has 3 aromatic carbocycles. The molecule has 0 aliphatic carbocycles. The van der Waals surface area contributed by atoms with Gasteiger partial charge in [0.1, 0.15) is 5.75 Å². The zero-order valence-corrected chi connectivity index (χ0v) is 19.5. The summed E-state index contributed by atoms with van der Waals surface area (Å²) >= 11 is 6.63. The molecule has 1 N–H and O–H groups in total. The van der Waals surface area contributed by atoms with Crippen LogP contribution in [0.5, 0.6) is 5.75 Å². The fourth-order valence-electron chi connectivity index (χ4n) is 4.66. The van der Waals surface area contributed by atoms with E-state index in [1.807, 2.05) is 61.5 Å². The van der Waals surface area contributed by atoms with Gasteiger partial charge in [0.2, 0.25) is 0 Å². The first kappa shape index (κ1) is 23.1. The summed E-state index contributed by atoms with van der Waals surface area (Å²) in [5.41, 5.74) is 4.11. The minimum atomic E-state index is -0.958. The monoisotopic (exact) mass is 462 g/mol. The lowest BCUT2D eigenvalue weighted by molar-refractivity contribution is -0.0918. The van der Waals surface area contributed by atoms with E-state index in [9.17, 15) is 9.90 Å². The van der Waals surface area contributed by atoms with Crippen molar-refractivity contribution in [1.29, 1.82) is 0 Å². The van der Waals surface area contributed by atoms with Crippen LogP contribution in [0.2, 0.25) is 5.02 Å². The van der Waals surface area contributed by atoms with E-state index in [1.165, 1.54) is 0 Å². The van der Waals surface area contributed by atoms with Crippen molar-refractivity contribution >= 4 is 17.6 Å². The molecule has 1 aliphatic rings. The van der Waals surface area contributed by atoms with Crippen molar-refractivity contribution in [3.05, 3.63) is 112 Å². The molecule has 0 aromatic heterocycles. The first-order valence-electron chi connectivity index (χ1n) is 10.9. The van der Waals surface area contributed by atoms with Crippen LogP contribution in [0, 0.1) is 5.92 Å². The number of methoxy groups -OCH3 is 1. The summed E-state index contributed by atoms with van der Waals surface area (Å²) in [6.45, 7) is 6.24. The maximum atomic E-state index is 11.6. The Morgan fingerprint density at radius 3 is 2.39 bits per heavy atom. The smallest absolute Gasteiger partial charge is 0.335 e. The van der Waals surface area contributed by atoms with E-state index in [0.717, 1.165) is 34.4 Å². The van der Waals surface area contributed by atoms with Crippen molar-refractivity contribution in [3.8, 4) is 5.75 Å². The van der Waals surface area contributed by atoms with E-state index >= 15 is 0 Å². The standard InChI is InChI=1S/C28H27ClO4/c1-17(2)23-16-24(22-9-4-5-10-25(22)29)26(18-11-13-21(32-3)14-12-18)33-27(23)19-7-6-8-20(15-19)28(30)31/h4-15,23-24,26-27H,1,16H2,2-3H3,(H,30,31)/t23-,24-,26+,27-/m0/s1. The molecule has 4 nitrogen and oxygen atoms in total. The van der Waals surface area contributed by atoms with Crippen LogP contribution in [0.1, 0.15) is 58.5 Å². The van der Waals surface area contributed by atoms with Gasteiger partial charge in [0.15, 0.2) is 0 Å². The molecule has 5 heteroatoms. The van der Waals surface area contributed by atoms with E-state index in [4.69, 9.17) is 21.1 Å². The summed E-state index contributed by atoms with van der Waals surface area (Å²) in [5, 5.41) is 10.2. The number of benzene rings is 3. The maximum Gasteiger partial charge on any atom is 0.335 e. The summed E-state index contributed by atoms with van der Waals surface area (Å²) in [6.07, 6.45) is 0.176. The van der Waals surface area contributed by atoms with Crippen LogP contribution >= 0.6 is 11.6 Å². The third kappa shape index (κ3) is 4.82. The van der Waals surface area contributed by atoms with Crippen LogP contribution in [0.3, 0.4) is 0 Å². The summed E-state index contributed by atoms with van der Waals surface area (Å²) in [4.78, 5) is 11.6. The third-order valence-electron chi connectivity index (χ3n) is 6.38. The number of aromatic carboxylic acids is 1. The topological polar surface area (TPSA) is 55.8 Å². The lowest BCUT2D eigenvalue weighted by atomic mass is 9.74. The summed E-state index contributed by atoms with van der Waals surface area (Å²) in [6, 6.07) is 22.7. The SMILES string of the molecule is C=C(C)[C@@H]1C[C@@H](c2ccccc2Cl)[C@@H](c2ccc(OC)cc2)O[C@H]1c1cccc(C(=O)O)c1. The van der Waals surface area contributed by atoms with Gasteiger partial charge in [-0.3, -0.25) is 0 Å². The number of ether oxygens (including phenoxy) is 2. The lowest BCUT2D eigenvalue weighted by Gasteiger charge is -2.43. The molecule has 1 fully saturated rings. The van der Waals surface area contributed by atoms with Crippen molar-refractivity contribution < 1.29 is 19.4 Å². The highest BCUT2D eigenvalue weighted by Crippen LogP contribution is 2.52. The van der Waals surface area contributed by atoms with E-state index in [-0.39, 0.29) is 29.6 Å². The van der Waals surface area contributed by atoms with Gasteiger partial charge in [0, 0.05) is 16.9 Å². The summed E-state index contributed by atoms with van der Waals surface area (Å²) in [5.74, 6) is -0.174. The number of carboxylic acid groups (broad SMARTS) is 1. The van der Waals surface area contributed by atoms with Gasteiger partial charge < -0.3 is 14.6 Å². The molecule has 170 valence electrons. The highest BCUT2D eigenvalue weighted by molar-refractivity contribution is 6.31. The predicted octanol–water partition coefficient (Wildman–Crippen LogP) is 7.23. The summed E-state index contributed by atoms with van der Waals surface area (Å²) < 4.78 is 12.1. The number of hydrogen-bond acceptors (Lipinski definition) is 3. The van der Waals surface area contributed by atoms with Gasteiger partial charge in [-0.1, -0.05) is 66.2 Å². The van der Waals surface area contributed by atoms with Crippen molar-refractivity contribution in [3.63, 3.8) is 0 Å². The largest absolute Gasteiger partial charge is 0.497 e. The molecule has 33 heavy (non-hydrogen) atoms. The quantitative estimate of drug-likeness (QED) is 0.393. The molecular weight excluding hydrogens is 436 g/mol. The van der Waals surface area contributed by atoms with Crippen molar-refractivity contribution in [2.75, 3.05) is 7.11 Å². The second-order valence-corrected chi connectivity index (χ2v) is 8.90. The van der Waals surface area contributed by atoms with E-state index < -0.39 is 5.97 Å². The Labute approximate surface area is 199 Å². The fourth-order valence-corrected chi connectivity index (χ4v) is 4.93. The van der Waals surface area contributed by atoms with E-state index in [0.29, 0.717) is 5.02 Å². The average Bonchev–Trinajstić information content (AvgIpc) is 2.83. The van der Waals surface area contributed by atoms with Crippen molar-refractivity contribution in [1.82, 2.24) is 0 Å². The van der Waals surface area contributed by atoms with Gasteiger partial charge in [-0.05, 0) is 60.4 Å². The molecule has 4 rings (SSSR count). The third-order valence-corrected chi connectivity index (χ3v) is 6.72. The first-order chi connectivity index (χ1) is 15.9. The molecule has 0 unspecified atom stereocenters. The number of carboxylic acids is 1. The second-order valence-electron chi connectivity index (χ2n) is 8.50. The molecule has 3 aromatic rings. The predicted molar refractivity (Wildman–Crippen MR) is 130 cm³/mol. The van der Waals surface area contributed by atoms with Crippen LogP contribution in [-0.4, -0.2) is 18.2 Å². The van der Waals surface area contributed by atoms with Crippen molar-refractivity contribution in [2.24, 2.45) is 5.92 Å². The lowest BCUT2D eigenvalue weighted by Crippen LogP contribution is -2.31. The Hall–Kier alpha value is -3.08. The minimum Gasteiger partial charge on any atom is -0.497 e. The first-order valence-corrected chi connectivity index (χ1v) is 11.3. The normalized spacial score (nSPS) is 22.5. The molecule has 0 spiro atoms. The van der Waals surface area contributed by atoms with Crippen LogP contribution < -0.4 is 4.74 Å².